The van der Waals surface area contributed by atoms with Crippen LogP contribution in [0, 0.1) is 0 Å². The Kier molecular flexibility index (Phi) is 3.90. The van der Waals surface area contributed by atoms with Crippen molar-refractivity contribution in [2.24, 2.45) is 0 Å². The number of hydrogen-bond donors (Lipinski definition) is 3. The summed E-state index contributed by atoms with van der Waals surface area (Å²) in [5.41, 5.74) is 0.297. The number of carbonyl (C=O) groups excluding carboxylic acids is 2. The fourth-order valence-electron chi connectivity index (χ4n) is 1.63. The van der Waals surface area contributed by atoms with E-state index in [1.807, 2.05) is 0 Å². The summed E-state index contributed by atoms with van der Waals surface area (Å²) in [6.07, 6.45) is -2.91. The predicted octanol–water partition coefficient (Wildman–Crippen LogP) is 0.457. The van der Waals surface area contributed by atoms with Crippen molar-refractivity contribution in [3.8, 4) is 0 Å². The Morgan fingerprint density at radius 2 is 1.95 bits per heavy atom. The molecular weight excluding hydrogens is 268 g/mol. The lowest BCUT2D eigenvalue weighted by Crippen LogP contribution is -2.33. The second-order valence-corrected chi connectivity index (χ2v) is 4.09. The maximum atomic E-state index is 11.6. The topological polar surface area (TPSA) is 113 Å². The van der Waals surface area contributed by atoms with Gasteiger partial charge in [0.05, 0.1) is 5.56 Å². The van der Waals surface area contributed by atoms with Gasteiger partial charge in [-0.05, 0) is 12.1 Å². The number of aliphatic hydroxyl groups is 3. The molecule has 0 aromatic heterocycles. The molecule has 7 heteroatoms. The highest BCUT2D eigenvalue weighted by Crippen LogP contribution is 2.21. The molecule has 0 unspecified atom stereocenters. The fourth-order valence-corrected chi connectivity index (χ4v) is 1.63. The van der Waals surface area contributed by atoms with Gasteiger partial charge in [0.1, 0.15) is 12.7 Å². The Balaban J connectivity index is 1.92. The third-order valence-electron chi connectivity index (χ3n) is 2.68. The van der Waals surface area contributed by atoms with Crippen LogP contribution in [0.1, 0.15) is 10.4 Å². The molecule has 0 fully saturated rings. The van der Waals surface area contributed by atoms with E-state index < -0.39 is 42.3 Å². The summed E-state index contributed by atoms with van der Waals surface area (Å²) in [6.45, 7) is -0.497. The van der Waals surface area contributed by atoms with Crippen molar-refractivity contribution in [2.45, 2.75) is 12.2 Å². The summed E-state index contributed by atoms with van der Waals surface area (Å²) in [7, 11) is 0. The van der Waals surface area contributed by atoms with Gasteiger partial charge in [-0.15, -0.1) is 0 Å². The van der Waals surface area contributed by atoms with E-state index in [-0.39, 0.29) is 0 Å². The van der Waals surface area contributed by atoms with Crippen LogP contribution in [0.5, 0.6) is 0 Å². The molecule has 1 heterocycles. The van der Waals surface area contributed by atoms with Crippen LogP contribution in [0.25, 0.3) is 0 Å². The average molecular weight is 280 g/mol. The first kappa shape index (κ1) is 13.9. The highest BCUT2D eigenvalue weighted by molar-refractivity contribution is 5.89. The number of cyclic esters (lactones) is 1. The zero-order valence-corrected chi connectivity index (χ0v) is 10.2. The number of esters is 2. The van der Waals surface area contributed by atoms with E-state index in [0.717, 1.165) is 0 Å². The van der Waals surface area contributed by atoms with Gasteiger partial charge in [0.2, 0.25) is 5.76 Å². The molecule has 2 atom stereocenters. The van der Waals surface area contributed by atoms with Crippen molar-refractivity contribution in [2.75, 3.05) is 6.61 Å². The van der Waals surface area contributed by atoms with Gasteiger partial charge < -0.3 is 24.8 Å². The zero-order chi connectivity index (χ0) is 14.7. The van der Waals surface area contributed by atoms with Crippen molar-refractivity contribution < 1.29 is 34.4 Å². The molecular formula is C13H12O7. The molecule has 0 aliphatic carbocycles. The lowest BCUT2D eigenvalue weighted by atomic mass is 10.2. The first-order valence-corrected chi connectivity index (χ1v) is 5.74. The van der Waals surface area contributed by atoms with Crippen molar-refractivity contribution in [3.05, 3.63) is 47.4 Å². The monoisotopic (exact) mass is 280 g/mol. The van der Waals surface area contributed by atoms with Crippen LogP contribution in [0.4, 0.5) is 0 Å². The van der Waals surface area contributed by atoms with Crippen molar-refractivity contribution in [1.29, 1.82) is 0 Å². The molecule has 1 aliphatic heterocycles. The summed E-state index contributed by atoms with van der Waals surface area (Å²) < 4.78 is 9.36. The highest BCUT2D eigenvalue weighted by Gasteiger charge is 2.39. The van der Waals surface area contributed by atoms with Crippen LogP contribution in [0.2, 0.25) is 0 Å². The predicted molar refractivity (Wildman–Crippen MR) is 64.9 cm³/mol. The molecule has 0 saturated carbocycles. The van der Waals surface area contributed by atoms with Gasteiger partial charge in [0.15, 0.2) is 11.9 Å². The Bertz CT molecular complexity index is 549. The molecule has 106 valence electrons. The van der Waals surface area contributed by atoms with Gasteiger partial charge in [-0.2, -0.15) is 0 Å². The molecule has 7 nitrogen and oxygen atoms in total. The number of rotatable bonds is 4. The first-order valence-electron chi connectivity index (χ1n) is 5.74. The standard InChI is InChI=1S/C13H12O7/c14-8(11-9(15)10(16)13(18)20-11)6-19-12(17)7-4-2-1-3-5-7/h1-5,8,11,14-16H,6H2/t8-,11-/m1/s1. The van der Waals surface area contributed by atoms with E-state index >= 15 is 0 Å². The molecule has 1 aliphatic rings. The van der Waals surface area contributed by atoms with Gasteiger partial charge in [-0.3, -0.25) is 0 Å². The van der Waals surface area contributed by atoms with Crippen molar-refractivity contribution >= 4 is 11.9 Å². The van der Waals surface area contributed by atoms with Crippen molar-refractivity contribution in [3.63, 3.8) is 0 Å². The summed E-state index contributed by atoms with van der Waals surface area (Å²) in [5.74, 6) is -3.54. The summed E-state index contributed by atoms with van der Waals surface area (Å²) >= 11 is 0. The molecule has 0 amide bonds. The average Bonchev–Trinajstić information content (AvgIpc) is 2.73. The molecule has 0 saturated heterocycles. The van der Waals surface area contributed by atoms with Crippen molar-refractivity contribution in [1.82, 2.24) is 0 Å². The van der Waals surface area contributed by atoms with E-state index in [1.165, 1.54) is 12.1 Å². The van der Waals surface area contributed by atoms with Gasteiger partial charge in [0.25, 0.3) is 0 Å². The SMILES string of the molecule is O=C1O[C@H]([C@H](O)COC(=O)c2ccccc2)C(O)=C1O. The Morgan fingerprint density at radius 3 is 2.50 bits per heavy atom. The van der Waals surface area contributed by atoms with E-state index in [9.17, 15) is 19.8 Å². The lowest BCUT2D eigenvalue weighted by Gasteiger charge is -2.17. The lowest BCUT2D eigenvalue weighted by molar-refractivity contribution is -0.147. The summed E-state index contributed by atoms with van der Waals surface area (Å²) in [5, 5.41) is 28.1. The maximum absolute atomic E-state index is 11.6. The normalized spacial score (nSPS) is 19.6. The number of hydrogen-bond acceptors (Lipinski definition) is 7. The molecule has 0 radical (unpaired) electrons. The minimum Gasteiger partial charge on any atom is -0.505 e. The maximum Gasteiger partial charge on any atom is 0.377 e. The van der Waals surface area contributed by atoms with Gasteiger partial charge in [-0.1, -0.05) is 18.2 Å². The third-order valence-corrected chi connectivity index (χ3v) is 2.68. The smallest absolute Gasteiger partial charge is 0.377 e. The van der Waals surface area contributed by atoms with Crippen LogP contribution in [0.3, 0.4) is 0 Å². The molecule has 1 aromatic rings. The van der Waals surface area contributed by atoms with Gasteiger partial charge in [0, 0.05) is 0 Å². The molecule has 0 spiro atoms. The Morgan fingerprint density at radius 1 is 1.30 bits per heavy atom. The second-order valence-electron chi connectivity index (χ2n) is 4.09. The van der Waals surface area contributed by atoms with E-state index in [2.05, 4.69) is 4.74 Å². The zero-order valence-electron chi connectivity index (χ0n) is 10.2. The molecule has 3 N–H and O–H groups in total. The van der Waals surface area contributed by atoms with E-state index in [0.29, 0.717) is 5.56 Å². The quantitative estimate of drug-likeness (QED) is 0.686. The fraction of sp³-hybridized carbons (Fsp3) is 0.231. The van der Waals surface area contributed by atoms with E-state index in [1.54, 1.807) is 18.2 Å². The van der Waals surface area contributed by atoms with Crippen LogP contribution < -0.4 is 0 Å². The number of aliphatic hydroxyl groups excluding tert-OH is 3. The number of ether oxygens (including phenoxy) is 2. The molecule has 2 rings (SSSR count). The van der Waals surface area contributed by atoms with Crippen LogP contribution in [-0.4, -0.2) is 46.1 Å². The van der Waals surface area contributed by atoms with Crippen LogP contribution in [0.15, 0.2) is 41.9 Å². The summed E-state index contributed by atoms with van der Waals surface area (Å²) in [6, 6.07) is 8.10. The van der Waals surface area contributed by atoms with Gasteiger partial charge >= 0.3 is 11.9 Å². The Labute approximate surface area is 113 Å². The largest absolute Gasteiger partial charge is 0.505 e. The molecule has 1 aromatic carbocycles. The van der Waals surface area contributed by atoms with E-state index in [4.69, 9.17) is 9.84 Å². The third kappa shape index (κ3) is 2.72. The number of benzene rings is 1. The summed E-state index contributed by atoms with van der Waals surface area (Å²) in [4.78, 5) is 22.6. The Hall–Kier alpha value is -2.54. The molecule has 20 heavy (non-hydrogen) atoms. The first-order chi connectivity index (χ1) is 9.50. The van der Waals surface area contributed by atoms with Gasteiger partial charge in [-0.25, -0.2) is 9.59 Å². The minimum absolute atomic E-state index is 0.297. The molecule has 0 bridgehead atoms. The van der Waals surface area contributed by atoms with Crippen LogP contribution in [-0.2, 0) is 14.3 Å². The highest BCUT2D eigenvalue weighted by atomic mass is 16.6. The number of carbonyl (C=O) groups is 2. The van der Waals surface area contributed by atoms with Crippen LogP contribution >= 0.6 is 0 Å². The second kappa shape index (κ2) is 5.62. The minimum atomic E-state index is -1.48.